The van der Waals surface area contributed by atoms with E-state index in [2.05, 4.69) is 5.32 Å². The lowest BCUT2D eigenvalue weighted by Gasteiger charge is -2.39. The number of benzene rings is 2. The molecule has 3 aliphatic rings. The first-order valence-corrected chi connectivity index (χ1v) is 11.3. The molecule has 0 unspecified atom stereocenters. The Bertz CT molecular complexity index is 1040. The van der Waals surface area contributed by atoms with Crippen LogP contribution >= 0.6 is 0 Å². The van der Waals surface area contributed by atoms with Gasteiger partial charge in [0, 0.05) is 31.8 Å². The van der Waals surface area contributed by atoms with Crippen LogP contribution in [0.4, 0.5) is 4.39 Å². The third kappa shape index (κ3) is 3.92. The molecule has 32 heavy (non-hydrogen) atoms. The second-order valence-electron chi connectivity index (χ2n) is 8.91. The zero-order chi connectivity index (χ0) is 22.1. The monoisotopic (exact) mass is 438 g/mol. The number of ether oxygens (including phenoxy) is 2. The van der Waals surface area contributed by atoms with E-state index in [9.17, 15) is 14.0 Å². The quantitative estimate of drug-likeness (QED) is 0.799. The van der Waals surface area contributed by atoms with Crippen LogP contribution in [0.25, 0.3) is 0 Å². The number of likely N-dealkylation sites (tertiary alicyclic amines) is 1. The van der Waals surface area contributed by atoms with Crippen molar-refractivity contribution in [3.05, 3.63) is 59.4 Å². The Morgan fingerprint density at radius 1 is 1.12 bits per heavy atom. The largest absolute Gasteiger partial charge is 0.490 e. The van der Waals surface area contributed by atoms with Crippen molar-refractivity contribution in [1.82, 2.24) is 10.2 Å². The maximum atomic E-state index is 14.7. The standard InChI is InChI=1S/C25H27FN2O4/c26-20-6-2-1-5-18(20)19-15-28(16-25(19)10-3-7-23(29)27-25)24(30)14-17-8-9-21-22(13-17)32-12-4-11-31-21/h1-2,5-6,8-9,13,19H,3-4,7,10-12,14-16H2,(H,27,29)/t19-,25+/m0/s1. The lowest BCUT2D eigenvalue weighted by molar-refractivity contribution is -0.131. The van der Waals surface area contributed by atoms with E-state index in [1.165, 1.54) is 6.07 Å². The lowest BCUT2D eigenvalue weighted by atomic mass is 9.76. The van der Waals surface area contributed by atoms with Crippen LogP contribution in [-0.2, 0) is 16.0 Å². The molecule has 1 N–H and O–H groups in total. The zero-order valence-corrected chi connectivity index (χ0v) is 17.9. The first-order chi connectivity index (χ1) is 15.5. The van der Waals surface area contributed by atoms with Crippen LogP contribution in [0.2, 0.25) is 0 Å². The van der Waals surface area contributed by atoms with Crippen molar-refractivity contribution in [3.8, 4) is 11.5 Å². The normalized spacial score (nSPS) is 24.8. The second-order valence-corrected chi connectivity index (χ2v) is 8.91. The van der Waals surface area contributed by atoms with Gasteiger partial charge >= 0.3 is 0 Å². The number of hydrogen-bond acceptors (Lipinski definition) is 4. The number of amides is 2. The Kier molecular flexibility index (Phi) is 5.49. The Hall–Kier alpha value is -3.09. The maximum absolute atomic E-state index is 14.7. The number of rotatable bonds is 3. The molecule has 1 spiro atoms. The molecule has 0 aliphatic carbocycles. The van der Waals surface area contributed by atoms with Crippen LogP contribution in [0, 0.1) is 5.82 Å². The number of halogens is 1. The van der Waals surface area contributed by atoms with Gasteiger partial charge in [0.15, 0.2) is 11.5 Å². The number of carbonyl (C=O) groups excluding carboxylic acids is 2. The number of nitrogens with zero attached hydrogens (tertiary/aromatic N) is 1. The molecule has 0 radical (unpaired) electrons. The molecule has 0 saturated carbocycles. The van der Waals surface area contributed by atoms with Gasteiger partial charge in [0.2, 0.25) is 11.8 Å². The molecule has 2 saturated heterocycles. The summed E-state index contributed by atoms with van der Waals surface area (Å²) in [6.07, 6.45) is 2.97. The van der Waals surface area contributed by atoms with Crippen LogP contribution in [-0.4, -0.2) is 48.6 Å². The van der Waals surface area contributed by atoms with Gasteiger partial charge in [-0.3, -0.25) is 9.59 Å². The molecule has 2 fully saturated rings. The van der Waals surface area contributed by atoms with Crippen molar-refractivity contribution in [2.75, 3.05) is 26.3 Å². The van der Waals surface area contributed by atoms with Gasteiger partial charge in [-0.1, -0.05) is 24.3 Å². The number of fused-ring (bicyclic) bond motifs is 1. The molecule has 2 aromatic carbocycles. The zero-order valence-electron chi connectivity index (χ0n) is 17.9. The topological polar surface area (TPSA) is 67.9 Å². The highest BCUT2D eigenvalue weighted by Crippen LogP contribution is 2.42. The van der Waals surface area contributed by atoms with E-state index in [1.54, 1.807) is 23.1 Å². The molecule has 6 nitrogen and oxygen atoms in total. The van der Waals surface area contributed by atoms with Crippen molar-refractivity contribution in [3.63, 3.8) is 0 Å². The predicted octanol–water partition coefficient (Wildman–Crippen LogP) is 3.19. The molecule has 2 atom stereocenters. The van der Waals surface area contributed by atoms with Crippen molar-refractivity contribution in [1.29, 1.82) is 0 Å². The number of carbonyl (C=O) groups is 2. The summed E-state index contributed by atoms with van der Waals surface area (Å²) in [6.45, 7) is 1.97. The molecular formula is C25H27FN2O4. The van der Waals surface area contributed by atoms with E-state index < -0.39 is 5.54 Å². The van der Waals surface area contributed by atoms with Gasteiger partial charge in [-0.15, -0.1) is 0 Å². The molecule has 3 aliphatic heterocycles. The molecule has 0 bridgehead atoms. The fraction of sp³-hybridized carbons (Fsp3) is 0.440. The van der Waals surface area contributed by atoms with E-state index >= 15 is 0 Å². The summed E-state index contributed by atoms with van der Waals surface area (Å²) in [5.74, 6) is 0.708. The number of hydrogen-bond donors (Lipinski definition) is 1. The Balaban J connectivity index is 1.38. The second kappa shape index (κ2) is 8.45. The van der Waals surface area contributed by atoms with Crippen molar-refractivity contribution in [2.24, 2.45) is 0 Å². The average molecular weight is 438 g/mol. The smallest absolute Gasteiger partial charge is 0.227 e. The van der Waals surface area contributed by atoms with E-state index in [0.29, 0.717) is 49.8 Å². The Morgan fingerprint density at radius 3 is 2.75 bits per heavy atom. The first-order valence-electron chi connectivity index (χ1n) is 11.3. The molecule has 168 valence electrons. The van der Waals surface area contributed by atoms with Gasteiger partial charge in [0.1, 0.15) is 5.82 Å². The van der Waals surface area contributed by atoms with Crippen LogP contribution in [0.3, 0.4) is 0 Å². The average Bonchev–Trinajstić information content (AvgIpc) is 2.96. The van der Waals surface area contributed by atoms with E-state index in [-0.39, 0.29) is 30.0 Å². The highest BCUT2D eigenvalue weighted by Gasteiger charge is 2.51. The van der Waals surface area contributed by atoms with Gasteiger partial charge in [0.25, 0.3) is 0 Å². The number of piperidine rings is 1. The summed E-state index contributed by atoms with van der Waals surface area (Å²) < 4.78 is 26.1. The van der Waals surface area contributed by atoms with Crippen LogP contribution in [0.5, 0.6) is 11.5 Å². The lowest BCUT2D eigenvalue weighted by Crippen LogP contribution is -2.56. The van der Waals surface area contributed by atoms with Gasteiger partial charge < -0.3 is 19.7 Å². The summed E-state index contributed by atoms with van der Waals surface area (Å²) >= 11 is 0. The minimum atomic E-state index is -0.627. The van der Waals surface area contributed by atoms with Gasteiger partial charge in [0.05, 0.1) is 25.2 Å². The molecule has 2 aromatic rings. The molecule has 3 heterocycles. The summed E-state index contributed by atoms with van der Waals surface area (Å²) in [7, 11) is 0. The van der Waals surface area contributed by atoms with E-state index in [4.69, 9.17) is 9.47 Å². The highest BCUT2D eigenvalue weighted by atomic mass is 19.1. The molecule has 0 aromatic heterocycles. The van der Waals surface area contributed by atoms with Crippen LogP contribution in [0.15, 0.2) is 42.5 Å². The molecule has 5 rings (SSSR count). The van der Waals surface area contributed by atoms with E-state index in [1.807, 2.05) is 18.2 Å². The third-order valence-electron chi connectivity index (χ3n) is 6.76. The predicted molar refractivity (Wildman–Crippen MR) is 116 cm³/mol. The summed E-state index contributed by atoms with van der Waals surface area (Å²) in [6, 6.07) is 12.3. The van der Waals surface area contributed by atoms with Crippen LogP contribution in [0.1, 0.15) is 42.7 Å². The van der Waals surface area contributed by atoms with Gasteiger partial charge in [-0.25, -0.2) is 4.39 Å². The molecular weight excluding hydrogens is 411 g/mol. The Morgan fingerprint density at radius 2 is 1.94 bits per heavy atom. The Labute approximate surface area is 186 Å². The third-order valence-corrected chi connectivity index (χ3v) is 6.76. The van der Waals surface area contributed by atoms with Gasteiger partial charge in [-0.2, -0.15) is 0 Å². The van der Waals surface area contributed by atoms with Gasteiger partial charge in [-0.05, 0) is 42.2 Å². The number of nitrogens with one attached hydrogen (secondary N) is 1. The maximum Gasteiger partial charge on any atom is 0.227 e. The summed E-state index contributed by atoms with van der Waals surface area (Å²) in [5.41, 5.74) is 0.772. The van der Waals surface area contributed by atoms with Crippen LogP contribution < -0.4 is 14.8 Å². The first kappa shape index (κ1) is 20.8. The molecule has 2 amide bonds. The minimum Gasteiger partial charge on any atom is -0.490 e. The SMILES string of the molecule is O=C1CCC[C@]2(CN(C(=O)Cc3ccc4c(c3)OCCCO4)C[C@H]2c2ccccc2F)N1. The van der Waals surface area contributed by atoms with E-state index in [0.717, 1.165) is 24.8 Å². The highest BCUT2D eigenvalue weighted by molar-refractivity contribution is 5.81. The van der Waals surface area contributed by atoms with Crippen molar-refractivity contribution < 1.29 is 23.5 Å². The summed E-state index contributed by atoms with van der Waals surface area (Å²) in [5, 5.41) is 3.13. The van der Waals surface area contributed by atoms with Crippen molar-refractivity contribution >= 4 is 11.8 Å². The van der Waals surface area contributed by atoms with Crippen molar-refractivity contribution in [2.45, 2.75) is 43.6 Å². The fourth-order valence-electron chi connectivity index (χ4n) is 5.21. The minimum absolute atomic E-state index is 0.0326. The molecule has 7 heteroatoms. The summed E-state index contributed by atoms with van der Waals surface area (Å²) in [4.78, 5) is 27.3. The fourth-order valence-corrected chi connectivity index (χ4v) is 5.21.